The van der Waals surface area contributed by atoms with Crippen molar-refractivity contribution in [1.29, 1.82) is 0 Å². The average Bonchev–Trinajstić information content (AvgIpc) is 2.70. The van der Waals surface area contributed by atoms with Crippen molar-refractivity contribution in [2.24, 2.45) is 5.73 Å². The minimum Gasteiger partial charge on any atom is -0.330 e. The highest BCUT2D eigenvalue weighted by Gasteiger charge is 2.43. The summed E-state index contributed by atoms with van der Waals surface area (Å²) in [5, 5.41) is 2.83. The maximum Gasteiger partial charge on any atom is 0.0516 e. The van der Waals surface area contributed by atoms with Crippen LogP contribution >= 0.6 is 22.9 Å². The van der Waals surface area contributed by atoms with E-state index in [0.717, 1.165) is 11.6 Å². The van der Waals surface area contributed by atoms with Gasteiger partial charge >= 0.3 is 0 Å². The number of hydrogen-bond acceptors (Lipinski definition) is 2. The van der Waals surface area contributed by atoms with Gasteiger partial charge in [0.1, 0.15) is 0 Å². The maximum atomic E-state index is 5.82. The molecule has 0 unspecified atom stereocenters. The van der Waals surface area contributed by atoms with Crippen LogP contribution in [0.1, 0.15) is 17.7 Å². The Hall–Kier alpha value is -0.0500. The molecule has 0 amide bonds. The molecule has 1 saturated carbocycles. The third-order valence-electron chi connectivity index (χ3n) is 2.33. The predicted octanol–water partition coefficient (Wildman–Crippen LogP) is 2.39. The highest BCUT2D eigenvalue weighted by atomic mass is 35.5. The minimum absolute atomic E-state index is 0.317. The number of halogens is 1. The van der Waals surface area contributed by atoms with Gasteiger partial charge in [-0.15, -0.1) is 11.3 Å². The van der Waals surface area contributed by atoms with Crippen molar-refractivity contribution in [1.82, 2.24) is 0 Å². The molecule has 1 aliphatic rings. The third-order valence-corrected chi connectivity index (χ3v) is 3.86. The molecule has 1 aliphatic carbocycles. The quantitative estimate of drug-likeness (QED) is 0.756. The molecule has 2 rings (SSSR count). The van der Waals surface area contributed by atoms with Crippen LogP contribution in [0.4, 0.5) is 0 Å². The van der Waals surface area contributed by atoms with E-state index in [2.05, 4.69) is 0 Å². The van der Waals surface area contributed by atoms with Crippen LogP contribution in [0.5, 0.6) is 0 Å². The molecular formula is C8H10ClNS. The summed E-state index contributed by atoms with van der Waals surface area (Å²) in [6, 6.07) is 2.05. The van der Waals surface area contributed by atoms with Crippen LogP contribution < -0.4 is 5.73 Å². The summed E-state index contributed by atoms with van der Waals surface area (Å²) in [6.45, 7) is 0.768. The van der Waals surface area contributed by atoms with Crippen molar-refractivity contribution in [2.45, 2.75) is 18.3 Å². The zero-order valence-corrected chi connectivity index (χ0v) is 7.71. The third kappa shape index (κ3) is 1.19. The summed E-state index contributed by atoms with van der Waals surface area (Å²) in [7, 11) is 0. The predicted molar refractivity (Wildman–Crippen MR) is 49.3 cm³/mol. The normalized spacial score (nSPS) is 20.2. The Labute approximate surface area is 75.2 Å². The Bertz CT molecular complexity index is 265. The van der Waals surface area contributed by atoms with Crippen LogP contribution in [0.3, 0.4) is 0 Å². The number of rotatable bonds is 2. The molecule has 0 radical (unpaired) electrons. The van der Waals surface area contributed by atoms with Gasteiger partial charge in [-0.05, 0) is 18.9 Å². The Balaban J connectivity index is 2.29. The first kappa shape index (κ1) is 7.59. The van der Waals surface area contributed by atoms with E-state index in [1.165, 1.54) is 17.7 Å². The van der Waals surface area contributed by atoms with E-state index in [9.17, 15) is 0 Å². The van der Waals surface area contributed by atoms with E-state index in [-0.39, 0.29) is 0 Å². The van der Waals surface area contributed by atoms with Gasteiger partial charge in [-0.1, -0.05) is 11.6 Å². The molecule has 11 heavy (non-hydrogen) atoms. The molecule has 0 aliphatic heterocycles. The lowest BCUT2D eigenvalue weighted by Crippen LogP contribution is -2.18. The molecule has 1 aromatic heterocycles. The molecule has 1 aromatic rings. The molecule has 2 N–H and O–H groups in total. The van der Waals surface area contributed by atoms with Gasteiger partial charge in [-0.3, -0.25) is 0 Å². The molecule has 0 saturated heterocycles. The van der Waals surface area contributed by atoms with E-state index in [0.29, 0.717) is 5.41 Å². The van der Waals surface area contributed by atoms with E-state index in [1.807, 2.05) is 11.4 Å². The Morgan fingerprint density at radius 3 is 2.73 bits per heavy atom. The van der Waals surface area contributed by atoms with Crippen molar-refractivity contribution in [3.05, 3.63) is 21.3 Å². The molecule has 1 fully saturated rings. The Kier molecular flexibility index (Phi) is 1.71. The van der Waals surface area contributed by atoms with Crippen molar-refractivity contribution >= 4 is 22.9 Å². The smallest absolute Gasteiger partial charge is 0.0516 e. The lowest BCUT2D eigenvalue weighted by atomic mass is 10.1. The molecule has 0 bridgehead atoms. The van der Waals surface area contributed by atoms with Crippen LogP contribution in [0.15, 0.2) is 11.4 Å². The fourth-order valence-corrected chi connectivity index (χ4v) is 2.64. The van der Waals surface area contributed by atoms with Crippen molar-refractivity contribution < 1.29 is 0 Å². The van der Waals surface area contributed by atoms with E-state index < -0.39 is 0 Å². The molecule has 0 atom stereocenters. The summed E-state index contributed by atoms with van der Waals surface area (Å²) in [5.41, 5.74) is 5.99. The zero-order valence-electron chi connectivity index (χ0n) is 6.14. The highest BCUT2D eigenvalue weighted by molar-refractivity contribution is 7.10. The zero-order chi connectivity index (χ0) is 7.90. The van der Waals surface area contributed by atoms with E-state index >= 15 is 0 Å². The molecule has 1 nitrogen and oxygen atoms in total. The summed E-state index contributed by atoms with van der Waals surface area (Å²) < 4.78 is 0. The van der Waals surface area contributed by atoms with Crippen molar-refractivity contribution in [3.63, 3.8) is 0 Å². The van der Waals surface area contributed by atoms with Crippen molar-refractivity contribution in [3.8, 4) is 0 Å². The summed E-state index contributed by atoms with van der Waals surface area (Å²) in [6.07, 6.45) is 2.47. The van der Waals surface area contributed by atoms with Crippen molar-refractivity contribution in [2.75, 3.05) is 6.54 Å². The largest absolute Gasteiger partial charge is 0.330 e. The van der Waals surface area contributed by atoms with Gasteiger partial charge < -0.3 is 5.73 Å². The van der Waals surface area contributed by atoms with Crippen LogP contribution in [0.2, 0.25) is 5.02 Å². The van der Waals surface area contributed by atoms with E-state index in [4.69, 9.17) is 17.3 Å². The first-order chi connectivity index (χ1) is 5.27. The molecule has 0 spiro atoms. The van der Waals surface area contributed by atoms with E-state index in [1.54, 1.807) is 11.3 Å². The average molecular weight is 188 g/mol. The maximum absolute atomic E-state index is 5.82. The second-order valence-corrected chi connectivity index (χ2v) is 4.46. The van der Waals surface area contributed by atoms with Gasteiger partial charge in [-0.2, -0.15) is 0 Å². The fourth-order valence-electron chi connectivity index (χ4n) is 1.29. The van der Waals surface area contributed by atoms with Gasteiger partial charge in [0.2, 0.25) is 0 Å². The minimum atomic E-state index is 0.317. The second-order valence-electron chi connectivity index (χ2n) is 3.11. The van der Waals surface area contributed by atoms with Crippen LogP contribution in [-0.4, -0.2) is 6.54 Å². The van der Waals surface area contributed by atoms with Gasteiger partial charge in [-0.25, -0.2) is 0 Å². The first-order valence-corrected chi connectivity index (χ1v) is 4.97. The first-order valence-electron chi connectivity index (χ1n) is 3.71. The summed E-state index contributed by atoms with van der Waals surface area (Å²) in [5.74, 6) is 0. The standard InChI is InChI=1S/C8H10ClNS/c9-6-3-7(11-4-6)8(5-10)1-2-8/h3-4H,1-2,5,10H2. The molecule has 60 valence electrons. The number of thiophene rings is 1. The molecule has 3 heteroatoms. The van der Waals surface area contributed by atoms with Crippen LogP contribution in [-0.2, 0) is 5.41 Å². The lowest BCUT2D eigenvalue weighted by molar-refractivity contribution is 0.720. The second kappa shape index (κ2) is 2.47. The van der Waals surface area contributed by atoms with Gasteiger partial charge in [0.05, 0.1) is 5.02 Å². The monoisotopic (exact) mass is 187 g/mol. The van der Waals surface area contributed by atoms with Gasteiger partial charge in [0.15, 0.2) is 0 Å². The number of nitrogens with two attached hydrogens (primary N) is 1. The summed E-state index contributed by atoms with van der Waals surface area (Å²) in [4.78, 5) is 1.37. The lowest BCUT2D eigenvalue weighted by Gasteiger charge is -2.07. The van der Waals surface area contributed by atoms with Crippen LogP contribution in [0.25, 0.3) is 0 Å². The van der Waals surface area contributed by atoms with Gasteiger partial charge in [0.25, 0.3) is 0 Å². The molecular weight excluding hydrogens is 178 g/mol. The summed E-state index contributed by atoms with van der Waals surface area (Å²) >= 11 is 7.55. The fraction of sp³-hybridized carbons (Fsp3) is 0.500. The number of hydrogen-bond donors (Lipinski definition) is 1. The topological polar surface area (TPSA) is 26.0 Å². The van der Waals surface area contributed by atoms with Gasteiger partial charge in [0, 0.05) is 22.2 Å². The SMILES string of the molecule is NCC1(c2cc(Cl)cs2)CC1. The Morgan fingerprint density at radius 1 is 1.64 bits per heavy atom. The molecule has 0 aromatic carbocycles. The van der Waals surface area contributed by atoms with Crippen LogP contribution in [0, 0.1) is 0 Å². The molecule has 1 heterocycles. The highest BCUT2D eigenvalue weighted by Crippen LogP contribution is 2.49. The Morgan fingerprint density at radius 2 is 2.36 bits per heavy atom.